The van der Waals surface area contributed by atoms with Gasteiger partial charge in [0.25, 0.3) is 0 Å². The zero-order valence-electron chi connectivity index (χ0n) is 7.41. The van der Waals surface area contributed by atoms with Crippen molar-refractivity contribution < 1.29 is 9.47 Å². The van der Waals surface area contributed by atoms with E-state index in [9.17, 15) is 0 Å². The molecular formula is C9H12N2O2. The highest BCUT2D eigenvalue weighted by molar-refractivity contribution is 5.59. The molecule has 13 heavy (non-hydrogen) atoms. The molecule has 4 heteroatoms. The summed E-state index contributed by atoms with van der Waals surface area (Å²) >= 11 is 0. The summed E-state index contributed by atoms with van der Waals surface area (Å²) in [6, 6.07) is 3.50. The van der Waals surface area contributed by atoms with Gasteiger partial charge in [-0.25, -0.2) is 0 Å². The first-order chi connectivity index (χ1) is 6.18. The van der Waals surface area contributed by atoms with Crippen LogP contribution in [0.1, 0.15) is 18.5 Å². The van der Waals surface area contributed by atoms with Crippen LogP contribution in [0.25, 0.3) is 0 Å². The normalized spacial score (nSPS) is 15.8. The Morgan fingerprint density at radius 3 is 2.54 bits per heavy atom. The Morgan fingerprint density at radius 1 is 1.31 bits per heavy atom. The fourth-order valence-corrected chi connectivity index (χ4v) is 1.37. The predicted molar refractivity (Wildman–Crippen MR) is 49.6 cm³/mol. The van der Waals surface area contributed by atoms with E-state index >= 15 is 0 Å². The number of ether oxygens (including phenoxy) is 2. The van der Waals surface area contributed by atoms with Crippen molar-refractivity contribution in [3.63, 3.8) is 0 Å². The molecule has 0 aliphatic carbocycles. The second-order valence-electron chi connectivity index (χ2n) is 3.12. The maximum atomic E-state index is 5.78. The lowest BCUT2D eigenvalue weighted by molar-refractivity contribution is 0.174. The number of hydrogen-bond acceptors (Lipinski definition) is 4. The highest BCUT2D eigenvalue weighted by Crippen LogP contribution is 2.37. The third-order valence-electron chi connectivity index (χ3n) is 2.07. The highest BCUT2D eigenvalue weighted by atomic mass is 16.7. The van der Waals surface area contributed by atoms with Crippen LogP contribution in [0.5, 0.6) is 11.5 Å². The predicted octanol–water partition coefficient (Wildman–Crippen LogP) is 1.02. The molecule has 1 aromatic carbocycles. The van der Waals surface area contributed by atoms with E-state index in [4.69, 9.17) is 20.9 Å². The molecule has 0 radical (unpaired) electrons. The lowest BCUT2D eigenvalue weighted by atomic mass is 10.1. The molecule has 1 aliphatic heterocycles. The Hall–Kier alpha value is -1.42. The Labute approximate surface area is 76.4 Å². The summed E-state index contributed by atoms with van der Waals surface area (Å²) in [5, 5.41) is 0. The second kappa shape index (κ2) is 2.81. The molecule has 70 valence electrons. The Bertz CT molecular complexity index is 337. The van der Waals surface area contributed by atoms with Gasteiger partial charge < -0.3 is 20.9 Å². The fraction of sp³-hybridized carbons (Fsp3) is 0.333. The minimum Gasteiger partial charge on any atom is -0.454 e. The maximum absolute atomic E-state index is 5.78. The van der Waals surface area contributed by atoms with E-state index in [1.165, 1.54) is 0 Å². The SMILES string of the molecule is C[C@H](N)c1cc2c(cc1N)OCO2. The highest BCUT2D eigenvalue weighted by Gasteiger charge is 2.17. The number of nitrogens with two attached hydrogens (primary N) is 2. The molecular weight excluding hydrogens is 168 g/mol. The standard InChI is InChI=1S/C9H12N2O2/c1-5(10)6-2-8-9(3-7(6)11)13-4-12-8/h2-3,5H,4,10-11H2,1H3/t5-/m0/s1. The van der Waals surface area contributed by atoms with Crippen molar-refractivity contribution >= 4 is 5.69 Å². The van der Waals surface area contributed by atoms with E-state index in [0.717, 1.165) is 11.3 Å². The van der Waals surface area contributed by atoms with Gasteiger partial charge in [0.05, 0.1) is 0 Å². The Kier molecular flexibility index (Phi) is 1.77. The number of benzene rings is 1. The largest absolute Gasteiger partial charge is 0.454 e. The summed E-state index contributed by atoms with van der Waals surface area (Å²) in [6.45, 7) is 2.14. The molecule has 4 N–H and O–H groups in total. The van der Waals surface area contributed by atoms with Gasteiger partial charge >= 0.3 is 0 Å². The molecule has 1 heterocycles. The first-order valence-corrected chi connectivity index (χ1v) is 4.13. The van der Waals surface area contributed by atoms with Gasteiger partial charge in [0.1, 0.15) is 0 Å². The molecule has 1 aliphatic rings. The van der Waals surface area contributed by atoms with Gasteiger partial charge in [0, 0.05) is 17.8 Å². The lowest BCUT2D eigenvalue weighted by Crippen LogP contribution is -2.07. The molecule has 4 nitrogen and oxygen atoms in total. The first kappa shape index (κ1) is 8.19. The van der Waals surface area contributed by atoms with Crippen molar-refractivity contribution in [3.05, 3.63) is 17.7 Å². The van der Waals surface area contributed by atoms with Gasteiger partial charge in [-0.2, -0.15) is 0 Å². The van der Waals surface area contributed by atoms with Crippen LogP contribution in [-0.4, -0.2) is 6.79 Å². The molecule has 0 fully saturated rings. The monoisotopic (exact) mass is 180 g/mol. The minimum absolute atomic E-state index is 0.0884. The van der Waals surface area contributed by atoms with Crippen molar-refractivity contribution in [3.8, 4) is 11.5 Å². The van der Waals surface area contributed by atoms with Crippen molar-refractivity contribution in [2.24, 2.45) is 5.73 Å². The summed E-state index contributed by atoms with van der Waals surface area (Å²) in [5.41, 5.74) is 13.1. The first-order valence-electron chi connectivity index (χ1n) is 4.13. The van der Waals surface area contributed by atoms with E-state index in [0.29, 0.717) is 11.4 Å². The molecule has 1 atom stereocenters. The second-order valence-corrected chi connectivity index (χ2v) is 3.12. The van der Waals surface area contributed by atoms with Gasteiger partial charge in [0.15, 0.2) is 11.5 Å². The van der Waals surface area contributed by atoms with E-state index in [1.54, 1.807) is 6.07 Å². The molecule has 1 aromatic rings. The maximum Gasteiger partial charge on any atom is 0.231 e. The van der Waals surface area contributed by atoms with Crippen LogP contribution in [0.3, 0.4) is 0 Å². The summed E-state index contributed by atoms with van der Waals surface area (Å²) in [7, 11) is 0. The van der Waals surface area contributed by atoms with Crippen molar-refractivity contribution in [2.45, 2.75) is 13.0 Å². The van der Waals surface area contributed by atoms with E-state index in [1.807, 2.05) is 13.0 Å². The van der Waals surface area contributed by atoms with Gasteiger partial charge in [-0.1, -0.05) is 0 Å². The zero-order chi connectivity index (χ0) is 9.42. The number of hydrogen-bond donors (Lipinski definition) is 2. The van der Waals surface area contributed by atoms with Crippen LogP contribution >= 0.6 is 0 Å². The van der Waals surface area contributed by atoms with Crippen LogP contribution < -0.4 is 20.9 Å². The summed E-state index contributed by atoms with van der Waals surface area (Å²) in [5.74, 6) is 1.42. The third-order valence-corrected chi connectivity index (χ3v) is 2.07. The quantitative estimate of drug-likeness (QED) is 0.633. The van der Waals surface area contributed by atoms with E-state index < -0.39 is 0 Å². The van der Waals surface area contributed by atoms with Crippen LogP contribution in [0.15, 0.2) is 12.1 Å². The average molecular weight is 180 g/mol. The minimum atomic E-state index is -0.0884. The van der Waals surface area contributed by atoms with Gasteiger partial charge in [-0.05, 0) is 18.6 Å². The molecule has 2 rings (SSSR count). The van der Waals surface area contributed by atoms with Crippen LogP contribution in [0.2, 0.25) is 0 Å². The van der Waals surface area contributed by atoms with Gasteiger partial charge in [-0.15, -0.1) is 0 Å². The van der Waals surface area contributed by atoms with Crippen molar-refractivity contribution in [1.29, 1.82) is 0 Å². The molecule has 0 unspecified atom stereocenters. The van der Waals surface area contributed by atoms with Crippen molar-refractivity contribution in [2.75, 3.05) is 12.5 Å². The third kappa shape index (κ3) is 1.29. The number of rotatable bonds is 1. The molecule has 0 amide bonds. The molecule has 0 saturated heterocycles. The molecule has 0 aromatic heterocycles. The van der Waals surface area contributed by atoms with E-state index in [2.05, 4.69) is 0 Å². The van der Waals surface area contributed by atoms with Crippen LogP contribution in [-0.2, 0) is 0 Å². The number of fused-ring (bicyclic) bond motifs is 1. The van der Waals surface area contributed by atoms with Crippen LogP contribution in [0.4, 0.5) is 5.69 Å². The molecule has 0 saturated carbocycles. The Morgan fingerprint density at radius 2 is 1.92 bits per heavy atom. The lowest BCUT2D eigenvalue weighted by Gasteiger charge is -2.09. The fourth-order valence-electron chi connectivity index (χ4n) is 1.37. The summed E-state index contributed by atoms with van der Waals surface area (Å²) in [6.07, 6.45) is 0. The molecule has 0 bridgehead atoms. The topological polar surface area (TPSA) is 70.5 Å². The summed E-state index contributed by atoms with van der Waals surface area (Å²) < 4.78 is 10.4. The smallest absolute Gasteiger partial charge is 0.231 e. The Balaban J connectivity index is 2.49. The average Bonchev–Trinajstić information content (AvgIpc) is 2.48. The zero-order valence-corrected chi connectivity index (χ0v) is 7.41. The summed E-state index contributed by atoms with van der Waals surface area (Å²) in [4.78, 5) is 0. The van der Waals surface area contributed by atoms with Gasteiger partial charge in [-0.3, -0.25) is 0 Å². The van der Waals surface area contributed by atoms with Crippen molar-refractivity contribution in [1.82, 2.24) is 0 Å². The van der Waals surface area contributed by atoms with E-state index in [-0.39, 0.29) is 12.8 Å². The van der Waals surface area contributed by atoms with Crippen LogP contribution in [0, 0.1) is 0 Å². The van der Waals surface area contributed by atoms with Gasteiger partial charge in [0.2, 0.25) is 6.79 Å². The number of nitrogen functional groups attached to an aromatic ring is 1. The number of anilines is 1. The molecule has 0 spiro atoms.